The van der Waals surface area contributed by atoms with Crippen molar-refractivity contribution in [1.29, 1.82) is 0 Å². The second-order valence-corrected chi connectivity index (χ2v) is 5.17. The van der Waals surface area contributed by atoms with Gasteiger partial charge in [0.05, 0.1) is 0 Å². The minimum absolute atomic E-state index is 0.171. The molecule has 0 radical (unpaired) electrons. The molecule has 1 aliphatic rings. The van der Waals surface area contributed by atoms with Gasteiger partial charge >= 0.3 is 0 Å². The molecule has 1 aromatic carbocycles. The van der Waals surface area contributed by atoms with Gasteiger partial charge in [0, 0.05) is 17.1 Å². The van der Waals surface area contributed by atoms with E-state index in [1.165, 1.54) is 25.3 Å². The Balaban J connectivity index is 2.19. The first-order valence-corrected chi connectivity index (χ1v) is 6.12. The lowest BCUT2D eigenvalue weighted by atomic mass is 9.65. The van der Waals surface area contributed by atoms with E-state index >= 15 is 0 Å². The quantitative estimate of drug-likeness (QED) is 0.852. The van der Waals surface area contributed by atoms with E-state index in [1.54, 1.807) is 12.1 Å². The highest BCUT2D eigenvalue weighted by Gasteiger charge is 2.37. The van der Waals surface area contributed by atoms with Crippen LogP contribution in [-0.2, 0) is 6.42 Å². The summed E-state index contributed by atoms with van der Waals surface area (Å²) < 4.78 is 13.7. The van der Waals surface area contributed by atoms with Crippen molar-refractivity contribution in [2.45, 2.75) is 25.7 Å². The van der Waals surface area contributed by atoms with Gasteiger partial charge < -0.3 is 5.32 Å². The molecule has 0 saturated heterocycles. The molecule has 1 aliphatic carbocycles. The Kier molecular flexibility index (Phi) is 3.50. The van der Waals surface area contributed by atoms with Gasteiger partial charge in [-0.3, -0.25) is 0 Å². The molecule has 1 saturated carbocycles. The molecule has 0 heterocycles. The molecule has 88 valence electrons. The molecule has 1 fully saturated rings. The van der Waals surface area contributed by atoms with Crippen LogP contribution in [-0.4, -0.2) is 13.6 Å². The highest BCUT2D eigenvalue weighted by atomic mass is 35.5. The number of halogens is 2. The molecular weight excluding hydrogens is 225 g/mol. The van der Waals surface area contributed by atoms with Crippen LogP contribution in [0.1, 0.15) is 24.8 Å². The number of hydrogen-bond acceptors (Lipinski definition) is 1. The minimum atomic E-state index is -0.171. The Hall–Kier alpha value is -0.600. The summed E-state index contributed by atoms with van der Waals surface area (Å²) in [5, 5.41) is 3.76. The lowest BCUT2D eigenvalue weighted by molar-refractivity contribution is 0.132. The van der Waals surface area contributed by atoms with Crippen molar-refractivity contribution in [3.8, 4) is 0 Å². The van der Waals surface area contributed by atoms with Crippen LogP contribution >= 0.6 is 11.6 Å². The predicted octanol–water partition coefficient (Wildman–Crippen LogP) is 3.41. The summed E-state index contributed by atoms with van der Waals surface area (Å²) in [6.07, 6.45) is 4.32. The molecule has 0 unspecified atom stereocenters. The SMILES string of the molecule is CNCC1(Cc2c(F)cccc2Cl)CCC1. The van der Waals surface area contributed by atoms with Crippen molar-refractivity contribution < 1.29 is 4.39 Å². The summed E-state index contributed by atoms with van der Waals surface area (Å²) in [7, 11) is 1.95. The van der Waals surface area contributed by atoms with Crippen molar-refractivity contribution in [3.05, 3.63) is 34.6 Å². The number of hydrogen-bond donors (Lipinski definition) is 1. The highest BCUT2D eigenvalue weighted by Crippen LogP contribution is 2.44. The monoisotopic (exact) mass is 241 g/mol. The lowest BCUT2D eigenvalue weighted by Crippen LogP contribution is -2.40. The van der Waals surface area contributed by atoms with Gasteiger partial charge in [-0.1, -0.05) is 24.1 Å². The molecule has 0 amide bonds. The van der Waals surface area contributed by atoms with E-state index in [4.69, 9.17) is 11.6 Å². The maximum absolute atomic E-state index is 13.7. The summed E-state index contributed by atoms with van der Waals surface area (Å²) >= 11 is 6.06. The van der Waals surface area contributed by atoms with E-state index in [9.17, 15) is 4.39 Å². The molecule has 16 heavy (non-hydrogen) atoms. The molecule has 1 nitrogen and oxygen atoms in total. The first kappa shape index (κ1) is 11.9. The molecule has 1 N–H and O–H groups in total. The van der Waals surface area contributed by atoms with Crippen molar-refractivity contribution in [2.75, 3.05) is 13.6 Å². The maximum Gasteiger partial charge on any atom is 0.127 e. The third-order valence-corrected chi connectivity index (χ3v) is 3.93. The zero-order valence-electron chi connectivity index (χ0n) is 9.52. The fourth-order valence-corrected chi connectivity index (χ4v) is 2.77. The van der Waals surface area contributed by atoms with Crippen LogP contribution in [0.4, 0.5) is 4.39 Å². The Bertz CT molecular complexity index is 354. The van der Waals surface area contributed by atoms with Crippen molar-refractivity contribution in [3.63, 3.8) is 0 Å². The Morgan fingerprint density at radius 3 is 2.69 bits per heavy atom. The highest BCUT2D eigenvalue weighted by molar-refractivity contribution is 6.31. The van der Waals surface area contributed by atoms with Crippen LogP contribution < -0.4 is 5.32 Å². The second kappa shape index (κ2) is 4.72. The van der Waals surface area contributed by atoms with Gasteiger partial charge in [0.25, 0.3) is 0 Å². The molecule has 3 heteroatoms. The molecule has 1 aromatic rings. The van der Waals surface area contributed by atoms with Crippen LogP contribution in [0.15, 0.2) is 18.2 Å². The third-order valence-electron chi connectivity index (χ3n) is 3.58. The fourth-order valence-electron chi connectivity index (χ4n) is 2.54. The fraction of sp³-hybridized carbons (Fsp3) is 0.538. The number of rotatable bonds is 4. The van der Waals surface area contributed by atoms with Crippen LogP contribution in [0.5, 0.6) is 0 Å². The largest absolute Gasteiger partial charge is 0.319 e. The predicted molar refractivity (Wildman–Crippen MR) is 65.3 cm³/mol. The van der Waals surface area contributed by atoms with Crippen molar-refractivity contribution >= 4 is 11.6 Å². The molecule has 2 rings (SSSR count). The minimum Gasteiger partial charge on any atom is -0.319 e. The van der Waals surface area contributed by atoms with E-state index in [2.05, 4.69) is 5.32 Å². The Morgan fingerprint density at radius 2 is 2.19 bits per heavy atom. The van der Waals surface area contributed by atoms with Crippen LogP contribution in [0, 0.1) is 11.2 Å². The van der Waals surface area contributed by atoms with Crippen LogP contribution in [0.25, 0.3) is 0 Å². The summed E-state index contributed by atoms with van der Waals surface area (Å²) in [6, 6.07) is 4.92. The van der Waals surface area contributed by atoms with Crippen LogP contribution in [0.2, 0.25) is 5.02 Å². The average molecular weight is 242 g/mol. The van der Waals surface area contributed by atoms with Crippen molar-refractivity contribution in [2.24, 2.45) is 5.41 Å². The summed E-state index contributed by atoms with van der Waals surface area (Å²) in [5.41, 5.74) is 0.903. The molecular formula is C13H17ClFN. The average Bonchev–Trinajstić information content (AvgIpc) is 2.20. The molecule has 0 aromatic heterocycles. The summed E-state index contributed by atoms with van der Waals surface area (Å²) in [4.78, 5) is 0. The van der Waals surface area contributed by atoms with Gasteiger partial charge in [-0.15, -0.1) is 0 Å². The third kappa shape index (κ3) is 2.23. The summed E-state index contributed by atoms with van der Waals surface area (Å²) in [6.45, 7) is 0.942. The topological polar surface area (TPSA) is 12.0 Å². The maximum atomic E-state index is 13.7. The van der Waals surface area contributed by atoms with E-state index in [1.807, 2.05) is 7.05 Å². The normalized spacial score (nSPS) is 18.2. The summed E-state index contributed by atoms with van der Waals surface area (Å²) in [5.74, 6) is -0.171. The molecule has 0 bridgehead atoms. The van der Waals surface area contributed by atoms with Gasteiger partial charge in [0.1, 0.15) is 5.82 Å². The zero-order chi connectivity index (χ0) is 11.6. The number of benzene rings is 1. The second-order valence-electron chi connectivity index (χ2n) is 4.76. The Labute approximate surface area is 101 Å². The number of nitrogens with one attached hydrogen (secondary N) is 1. The van der Waals surface area contributed by atoms with Gasteiger partial charge in [0.15, 0.2) is 0 Å². The van der Waals surface area contributed by atoms with E-state index in [0.717, 1.165) is 13.0 Å². The first-order valence-electron chi connectivity index (χ1n) is 5.74. The van der Waals surface area contributed by atoms with E-state index in [-0.39, 0.29) is 11.2 Å². The van der Waals surface area contributed by atoms with Crippen LogP contribution in [0.3, 0.4) is 0 Å². The molecule has 0 spiro atoms. The van der Waals surface area contributed by atoms with E-state index in [0.29, 0.717) is 10.6 Å². The van der Waals surface area contributed by atoms with Crippen molar-refractivity contribution in [1.82, 2.24) is 5.32 Å². The molecule has 0 aliphatic heterocycles. The lowest BCUT2D eigenvalue weighted by Gasteiger charge is -2.42. The van der Waals surface area contributed by atoms with Gasteiger partial charge in [-0.25, -0.2) is 4.39 Å². The Morgan fingerprint density at radius 1 is 1.44 bits per heavy atom. The van der Waals surface area contributed by atoms with Gasteiger partial charge in [0.2, 0.25) is 0 Å². The van der Waals surface area contributed by atoms with E-state index < -0.39 is 0 Å². The van der Waals surface area contributed by atoms with Gasteiger partial charge in [-0.2, -0.15) is 0 Å². The first-order chi connectivity index (χ1) is 7.67. The molecule has 0 atom stereocenters. The standard InChI is InChI=1S/C13H17ClFN/c1-16-9-13(6-3-7-13)8-10-11(14)4-2-5-12(10)15/h2,4-5,16H,3,6-9H2,1H3. The smallest absolute Gasteiger partial charge is 0.127 e. The van der Waals surface area contributed by atoms with Gasteiger partial charge in [-0.05, 0) is 43.9 Å². The zero-order valence-corrected chi connectivity index (χ0v) is 10.3.